The molecule has 0 saturated carbocycles. The highest BCUT2D eigenvalue weighted by molar-refractivity contribution is 6.34. The van der Waals surface area contributed by atoms with Gasteiger partial charge in [0, 0.05) is 42.4 Å². The minimum Gasteiger partial charge on any atom is -0.497 e. The number of hydrogen-bond donors (Lipinski definition) is 0. The summed E-state index contributed by atoms with van der Waals surface area (Å²) in [7, 11) is 1.61. The van der Waals surface area contributed by atoms with Crippen LogP contribution in [-0.2, 0) is 19.5 Å². The molecule has 0 atom stereocenters. The van der Waals surface area contributed by atoms with Gasteiger partial charge in [0.05, 0.1) is 24.7 Å². The SMILES string of the molecule is COc1ccc(Cn2cc3c(c(Cl)c2=O)C(=O)N(CCc2ccc4ccccc4n2)C3)cc1. The van der Waals surface area contributed by atoms with E-state index in [0.717, 1.165) is 33.5 Å². The maximum Gasteiger partial charge on any atom is 0.270 e. The van der Waals surface area contributed by atoms with Gasteiger partial charge in [-0.25, -0.2) is 0 Å². The molecular formula is C26H22ClN3O3. The molecular weight excluding hydrogens is 438 g/mol. The van der Waals surface area contributed by atoms with E-state index in [1.54, 1.807) is 22.8 Å². The van der Waals surface area contributed by atoms with Crippen molar-refractivity contribution >= 4 is 28.4 Å². The van der Waals surface area contributed by atoms with Gasteiger partial charge in [0.1, 0.15) is 10.8 Å². The highest BCUT2D eigenvalue weighted by Crippen LogP contribution is 2.27. The number of methoxy groups -OCH3 is 1. The third-order valence-corrected chi connectivity index (χ3v) is 6.32. The molecule has 0 aliphatic carbocycles. The molecule has 6 nitrogen and oxygen atoms in total. The van der Waals surface area contributed by atoms with Crippen molar-refractivity contribution in [3.8, 4) is 5.75 Å². The molecule has 0 unspecified atom stereocenters. The number of hydrogen-bond acceptors (Lipinski definition) is 4. The number of pyridine rings is 2. The number of ether oxygens (including phenoxy) is 1. The first-order valence-corrected chi connectivity index (χ1v) is 11.1. The second-order valence-corrected chi connectivity index (χ2v) is 8.47. The van der Waals surface area contributed by atoms with Crippen LogP contribution < -0.4 is 10.3 Å². The van der Waals surface area contributed by atoms with Crippen LogP contribution in [0.25, 0.3) is 10.9 Å². The summed E-state index contributed by atoms with van der Waals surface area (Å²) in [6.45, 7) is 1.29. The third kappa shape index (κ3) is 4.10. The van der Waals surface area contributed by atoms with E-state index in [4.69, 9.17) is 16.3 Å². The number of benzene rings is 2. The molecule has 0 saturated heterocycles. The van der Waals surface area contributed by atoms with Crippen molar-refractivity contribution in [2.45, 2.75) is 19.5 Å². The number of rotatable bonds is 6. The zero-order valence-electron chi connectivity index (χ0n) is 18.1. The Balaban J connectivity index is 1.34. The Morgan fingerprint density at radius 3 is 2.61 bits per heavy atom. The number of amides is 1. The van der Waals surface area contributed by atoms with Crippen molar-refractivity contribution in [1.29, 1.82) is 0 Å². The monoisotopic (exact) mass is 459 g/mol. The van der Waals surface area contributed by atoms with Gasteiger partial charge >= 0.3 is 0 Å². The number of fused-ring (bicyclic) bond motifs is 2. The van der Waals surface area contributed by atoms with E-state index in [1.165, 1.54) is 0 Å². The minimum atomic E-state index is -0.363. The maximum absolute atomic E-state index is 13.0. The predicted octanol–water partition coefficient (Wildman–Crippen LogP) is 4.31. The van der Waals surface area contributed by atoms with Crippen LogP contribution in [-0.4, -0.2) is 34.0 Å². The van der Waals surface area contributed by atoms with E-state index in [-0.39, 0.29) is 16.5 Å². The zero-order chi connectivity index (χ0) is 22.9. The van der Waals surface area contributed by atoms with E-state index in [2.05, 4.69) is 4.98 Å². The standard InChI is InChI=1S/C26H22ClN3O3/c1-33-21-10-6-17(7-11-21)14-30-16-19-15-29(25(31)23(19)24(27)26(30)32)13-12-20-9-8-18-4-2-3-5-22(18)28-20/h2-11,16H,12-15H2,1H3. The number of para-hydroxylation sites is 1. The Labute approximate surface area is 196 Å². The van der Waals surface area contributed by atoms with Crippen molar-refractivity contribution < 1.29 is 9.53 Å². The lowest BCUT2D eigenvalue weighted by Crippen LogP contribution is -2.27. The molecule has 1 amide bonds. The highest BCUT2D eigenvalue weighted by atomic mass is 35.5. The second kappa shape index (κ2) is 8.71. The lowest BCUT2D eigenvalue weighted by Gasteiger charge is -2.15. The molecule has 0 fully saturated rings. The summed E-state index contributed by atoms with van der Waals surface area (Å²) in [6, 6.07) is 19.5. The molecule has 1 aliphatic rings. The van der Waals surface area contributed by atoms with Gasteiger partial charge in [-0.1, -0.05) is 48.0 Å². The van der Waals surface area contributed by atoms with Crippen LogP contribution in [0.1, 0.15) is 27.2 Å². The fourth-order valence-electron chi connectivity index (χ4n) is 4.19. The topological polar surface area (TPSA) is 64.4 Å². The summed E-state index contributed by atoms with van der Waals surface area (Å²) in [6.07, 6.45) is 2.37. The van der Waals surface area contributed by atoms with E-state index in [0.29, 0.717) is 31.6 Å². The van der Waals surface area contributed by atoms with Crippen LogP contribution in [0.3, 0.4) is 0 Å². The van der Waals surface area contributed by atoms with Crippen LogP contribution in [0, 0.1) is 0 Å². The fraction of sp³-hybridized carbons (Fsp3) is 0.192. The molecule has 0 N–H and O–H groups in total. The lowest BCUT2D eigenvalue weighted by atomic mass is 10.1. The molecule has 0 bridgehead atoms. The summed E-state index contributed by atoms with van der Waals surface area (Å²) in [5, 5.41) is 1.07. The molecule has 3 heterocycles. The van der Waals surface area contributed by atoms with Crippen LogP contribution in [0.5, 0.6) is 5.75 Å². The molecule has 7 heteroatoms. The second-order valence-electron chi connectivity index (χ2n) is 8.10. The Morgan fingerprint density at radius 2 is 1.82 bits per heavy atom. The summed E-state index contributed by atoms with van der Waals surface area (Å²) in [5.41, 5.74) is 3.52. The fourth-order valence-corrected chi connectivity index (χ4v) is 4.51. The van der Waals surface area contributed by atoms with Gasteiger partial charge < -0.3 is 14.2 Å². The zero-order valence-corrected chi connectivity index (χ0v) is 18.9. The van der Waals surface area contributed by atoms with E-state index < -0.39 is 0 Å². The Bertz CT molecular complexity index is 1410. The van der Waals surface area contributed by atoms with Crippen molar-refractivity contribution in [3.05, 3.63) is 105 Å². The van der Waals surface area contributed by atoms with Gasteiger partial charge in [0.25, 0.3) is 11.5 Å². The first-order valence-electron chi connectivity index (χ1n) is 10.7. The first kappa shape index (κ1) is 21.2. The number of carbonyl (C=O) groups excluding carboxylic acids is 1. The Hall–Kier alpha value is -3.64. The van der Waals surface area contributed by atoms with E-state index in [1.807, 2.05) is 60.7 Å². The van der Waals surface area contributed by atoms with Crippen LogP contribution in [0.4, 0.5) is 0 Å². The minimum absolute atomic E-state index is 0.0164. The van der Waals surface area contributed by atoms with Gasteiger partial charge in [-0.05, 0) is 29.8 Å². The normalized spacial score (nSPS) is 12.9. The van der Waals surface area contributed by atoms with E-state index >= 15 is 0 Å². The summed E-state index contributed by atoms with van der Waals surface area (Å²) in [4.78, 5) is 32.3. The number of carbonyl (C=O) groups is 1. The van der Waals surface area contributed by atoms with Gasteiger partial charge in [-0.3, -0.25) is 14.6 Å². The average molecular weight is 460 g/mol. The third-order valence-electron chi connectivity index (χ3n) is 5.97. The quantitative estimate of drug-likeness (QED) is 0.431. The van der Waals surface area contributed by atoms with Crippen molar-refractivity contribution in [3.63, 3.8) is 0 Å². The average Bonchev–Trinajstić information content (AvgIpc) is 3.16. The van der Waals surface area contributed by atoms with Gasteiger partial charge in [0.2, 0.25) is 0 Å². The van der Waals surface area contributed by atoms with Crippen LogP contribution >= 0.6 is 11.6 Å². The van der Waals surface area contributed by atoms with Crippen LogP contribution in [0.15, 0.2) is 71.7 Å². The predicted molar refractivity (Wildman–Crippen MR) is 128 cm³/mol. The molecule has 33 heavy (non-hydrogen) atoms. The molecule has 2 aromatic carbocycles. The van der Waals surface area contributed by atoms with Crippen molar-refractivity contribution in [2.75, 3.05) is 13.7 Å². The number of halogens is 1. The van der Waals surface area contributed by atoms with E-state index in [9.17, 15) is 9.59 Å². The molecule has 166 valence electrons. The lowest BCUT2D eigenvalue weighted by molar-refractivity contribution is 0.0780. The smallest absolute Gasteiger partial charge is 0.270 e. The Kier molecular flexibility index (Phi) is 5.60. The largest absolute Gasteiger partial charge is 0.497 e. The van der Waals surface area contributed by atoms with Crippen molar-refractivity contribution in [2.24, 2.45) is 0 Å². The maximum atomic E-state index is 13.0. The van der Waals surface area contributed by atoms with Crippen molar-refractivity contribution in [1.82, 2.24) is 14.5 Å². The van der Waals surface area contributed by atoms with Crippen LogP contribution in [0.2, 0.25) is 5.02 Å². The molecule has 0 radical (unpaired) electrons. The summed E-state index contributed by atoms with van der Waals surface area (Å²) < 4.78 is 6.75. The number of nitrogens with zero attached hydrogens (tertiary/aromatic N) is 3. The summed E-state index contributed by atoms with van der Waals surface area (Å²) >= 11 is 6.39. The Morgan fingerprint density at radius 1 is 1.03 bits per heavy atom. The summed E-state index contributed by atoms with van der Waals surface area (Å²) in [5.74, 6) is 0.546. The number of aromatic nitrogens is 2. The first-order chi connectivity index (χ1) is 16.0. The molecule has 5 rings (SSSR count). The highest BCUT2D eigenvalue weighted by Gasteiger charge is 2.31. The van der Waals surface area contributed by atoms with Gasteiger partial charge in [-0.2, -0.15) is 0 Å². The van der Waals surface area contributed by atoms with Gasteiger partial charge in [-0.15, -0.1) is 0 Å². The molecule has 0 spiro atoms. The molecule has 1 aliphatic heterocycles. The molecule has 2 aromatic heterocycles. The van der Waals surface area contributed by atoms with Gasteiger partial charge in [0.15, 0.2) is 0 Å². The molecule has 4 aromatic rings.